The van der Waals surface area contributed by atoms with Crippen molar-refractivity contribution in [3.63, 3.8) is 0 Å². The zero-order valence-corrected chi connectivity index (χ0v) is 13.2. The highest BCUT2D eigenvalue weighted by Crippen LogP contribution is 2.37. The first-order chi connectivity index (χ1) is 10.2. The lowest BCUT2D eigenvalue weighted by Crippen LogP contribution is -1.91. The zero-order valence-electron chi connectivity index (χ0n) is 11.6. The van der Waals surface area contributed by atoms with Crippen LogP contribution in [-0.2, 0) is 6.42 Å². The molecule has 0 aliphatic heterocycles. The van der Waals surface area contributed by atoms with Crippen LogP contribution in [0.15, 0.2) is 57.5 Å². The summed E-state index contributed by atoms with van der Waals surface area (Å²) in [5.41, 5.74) is 10.9. The van der Waals surface area contributed by atoms with Crippen LogP contribution < -0.4 is 5.73 Å². The van der Waals surface area contributed by atoms with E-state index >= 15 is 0 Å². The molecule has 0 unspecified atom stereocenters. The highest BCUT2D eigenvalue weighted by molar-refractivity contribution is 9.10. The molecule has 0 bridgehead atoms. The predicted molar refractivity (Wildman–Crippen MR) is 88.9 cm³/mol. The number of halogens is 1. The van der Waals surface area contributed by atoms with Crippen molar-refractivity contribution < 1.29 is 4.52 Å². The molecule has 2 N–H and O–H groups in total. The van der Waals surface area contributed by atoms with Crippen LogP contribution in [0.25, 0.3) is 22.4 Å². The summed E-state index contributed by atoms with van der Waals surface area (Å²) in [4.78, 5) is 0. The average molecular weight is 343 g/mol. The van der Waals surface area contributed by atoms with Crippen LogP contribution in [0.5, 0.6) is 0 Å². The SMILES string of the molecule is CCc1ccccc1-c1noc(N)c1-c1ccc(Br)cc1. The Labute approximate surface area is 131 Å². The number of rotatable bonds is 3. The van der Waals surface area contributed by atoms with E-state index in [1.807, 2.05) is 36.4 Å². The van der Waals surface area contributed by atoms with E-state index in [2.05, 4.69) is 40.1 Å². The first kappa shape index (κ1) is 13.9. The number of hydrogen-bond acceptors (Lipinski definition) is 3. The van der Waals surface area contributed by atoms with Crippen molar-refractivity contribution in [1.82, 2.24) is 5.16 Å². The van der Waals surface area contributed by atoms with E-state index in [1.165, 1.54) is 5.56 Å². The summed E-state index contributed by atoms with van der Waals surface area (Å²) < 4.78 is 6.28. The van der Waals surface area contributed by atoms with Crippen LogP contribution in [0, 0.1) is 0 Å². The lowest BCUT2D eigenvalue weighted by atomic mass is 9.96. The highest BCUT2D eigenvalue weighted by Gasteiger charge is 2.18. The van der Waals surface area contributed by atoms with Gasteiger partial charge in [-0.2, -0.15) is 0 Å². The smallest absolute Gasteiger partial charge is 0.230 e. The number of nitrogens with zero attached hydrogens (tertiary/aromatic N) is 1. The minimum Gasteiger partial charge on any atom is -0.367 e. The molecule has 3 rings (SSSR count). The Morgan fingerprint density at radius 1 is 1.10 bits per heavy atom. The third-order valence-corrected chi connectivity index (χ3v) is 4.03. The summed E-state index contributed by atoms with van der Waals surface area (Å²) >= 11 is 3.44. The second kappa shape index (κ2) is 5.74. The van der Waals surface area contributed by atoms with Gasteiger partial charge in [-0.25, -0.2) is 0 Å². The number of nitrogen functional groups attached to an aromatic ring is 1. The van der Waals surface area contributed by atoms with Gasteiger partial charge in [0.2, 0.25) is 5.88 Å². The van der Waals surface area contributed by atoms with Crippen LogP contribution in [0.3, 0.4) is 0 Å². The van der Waals surface area contributed by atoms with Gasteiger partial charge in [0.15, 0.2) is 0 Å². The van der Waals surface area contributed by atoms with Gasteiger partial charge < -0.3 is 10.3 Å². The first-order valence-corrected chi connectivity index (χ1v) is 7.59. The van der Waals surface area contributed by atoms with Gasteiger partial charge in [-0.3, -0.25) is 0 Å². The van der Waals surface area contributed by atoms with Gasteiger partial charge in [-0.05, 0) is 29.7 Å². The van der Waals surface area contributed by atoms with Crippen molar-refractivity contribution in [2.45, 2.75) is 13.3 Å². The molecular formula is C17H15BrN2O. The molecule has 0 amide bonds. The second-order valence-corrected chi connectivity index (χ2v) is 5.70. The topological polar surface area (TPSA) is 52.0 Å². The minimum atomic E-state index is 0.346. The van der Waals surface area contributed by atoms with Crippen LogP contribution in [-0.4, -0.2) is 5.16 Å². The summed E-state index contributed by atoms with van der Waals surface area (Å²) in [6.45, 7) is 2.13. The van der Waals surface area contributed by atoms with Crippen LogP contribution >= 0.6 is 15.9 Å². The fraction of sp³-hybridized carbons (Fsp3) is 0.118. The molecule has 4 heteroatoms. The van der Waals surface area contributed by atoms with Crippen molar-refractivity contribution in [1.29, 1.82) is 0 Å². The normalized spacial score (nSPS) is 10.8. The van der Waals surface area contributed by atoms with Gasteiger partial charge in [-0.1, -0.05) is 64.4 Å². The molecule has 0 aliphatic carbocycles. The van der Waals surface area contributed by atoms with Crippen molar-refractivity contribution in [3.05, 3.63) is 58.6 Å². The summed E-state index contributed by atoms with van der Waals surface area (Å²) in [6.07, 6.45) is 0.933. The summed E-state index contributed by atoms with van der Waals surface area (Å²) in [5, 5.41) is 4.18. The molecule has 3 aromatic rings. The van der Waals surface area contributed by atoms with Gasteiger partial charge in [0.05, 0.1) is 5.56 Å². The molecule has 1 aromatic heterocycles. The number of aromatic nitrogens is 1. The number of hydrogen-bond donors (Lipinski definition) is 1. The lowest BCUT2D eigenvalue weighted by molar-refractivity contribution is 0.439. The van der Waals surface area contributed by atoms with E-state index in [4.69, 9.17) is 10.3 Å². The Bertz CT molecular complexity index is 763. The van der Waals surface area contributed by atoms with E-state index in [1.54, 1.807) is 0 Å². The number of aryl methyl sites for hydroxylation is 1. The fourth-order valence-corrected chi connectivity index (χ4v) is 2.71. The molecule has 0 fully saturated rings. The van der Waals surface area contributed by atoms with Gasteiger partial charge in [0.25, 0.3) is 0 Å². The summed E-state index contributed by atoms with van der Waals surface area (Å²) in [6, 6.07) is 16.2. The third-order valence-electron chi connectivity index (χ3n) is 3.50. The lowest BCUT2D eigenvalue weighted by Gasteiger charge is -2.07. The van der Waals surface area contributed by atoms with E-state index in [0.29, 0.717) is 5.88 Å². The Hall–Kier alpha value is -2.07. The fourth-order valence-electron chi connectivity index (χ4n) is 2.44. The van der Waals surface area contributed by atoms with Crippen molar-refractivity contribution in [2.24, 2.45) is 0 Å². The van der Waals surface area contributed by atoms with Crippen LogP contribution in [0.1, 0.15) is 12.5 Å². The first-order valence-electron chi connectivity index (χ1n) is 6.80. The van der Waals surface area contributed by atoms with E-state index in [-0.39, 0.29) is 0 Å². The molecule has 1 heterocycles. The van der Waals surface area contributed by atoms with Gasteiger partial charge in [0.1, 0.15) is 5.69 Å². The van der Waals surface area contributed by atoms with Crippen LogP contribution in [0.2, 0.25) is 0 Å². The molecule has 0 spiro atoms. The molecule has 0 atom stereocenters. The molecule has 0 saturated carbocycles. The molecule has 3 nitrogen and oxygen atoms in total. The third kappa shape index (κ3) is 2.59. The second-order valence-electron chi connectivity index (χ2n) is 4.79. The van der Waals surface area contributed by atoms with Gasteiger partial charge in [-0.15, -0.1) is 0 Å². The maximum absolute atomic E-state index is 6.00. The van der Waals surface area contributed by atoms with Crippen LogP contribution in [0.4, 0.5) is 5.88 Å². The van der Waals surface area contributed by atoms with E-state index in [0.717, 1.165) is 33.3 Å². The van der Waals surface area contributed by atoms with E-state index < -0.39 is 0 Å². The largest absolute Gasteiger partial charge is 0.367 e. The Balaban J connectivity index is 2.19. The molecular weight excluding hydrogens is 328 g/mol. The zero-order chi connectivity index (χ0) is 14.8. The predicted octanol–water partition coefficient (Wildman–Crippen LogP) is 4.92. The van der Waals surface area contributed by atoms with Gasteiger partial charge in [0, 0.05) is 10.0 Å². The average Bonchev–Trinajstić information content (AvgIpc) is 2.90. The maximum atomic E-state index is 6.00. The Morgan fingerprint density at radius 3 is 2.52 bits per heavy atom. The van der Waals surface area contributed by atoms with Crippen molar-refractivity contribution >= 4 is 21.8 Å². The Kier molecular flexibility index (Phi) is 3.80. The minimum absolute atomic E-state index is 0.346. The molecule has 0 saturated heterocycles. The number of anilines is 1. The molecule has 106 valence electrons. The number of nitrogens with two attached hydrogens (primary N) is 1. The standard InChI is InChI=1S/C17H15BrN2O/c1-2-11-5-3-4-6-14(11)16-15(17(19)21-20-16)12-7-9-13(18)10-8-12/h3-10H,2,19H2,1H3. The monoisotopic (exact) mass is 342 g/mol. The molecule has 2 aromatic carbocycles. The molecule has 0 aliphatic rings. The van der Waals surface area contributed by atoms with E-state index in [9.17, 15) is 0 Å². The van der Waals surface area contributed by atoms with Crippen molar-refractivity contribution in [2.75, 3.05) is 5.73 Å². The van der Waals surface area contributed by atoms with Crippen molar-refractivity contribution in [3.8, 4) is 22.4 Å². The summed E-state index contributed by atoms with van der Waals surface area (Å²) in [7, 11) is 0. The molecule has 0 radical (unpaired) electrons. The number of benzene rings is 2. The maximum Gasteiger partial charge on any atom is 0.230 e. The molecule has 21 heavy (non-hydrogen) atoms. The Morgan fingerprint density at radius 2 is 1.81 bits per heavy atom. The quantitative estimate of drug-likeness (QED) is 0.735. The highest BCUT2D eigenvalue weighted by atomic mass is 79.9. The summed E-state index contributed by atoms with van der Waals surface area (Å²) in [5.74, 6) is 0.346. The van der Waals surface area contributed by atoms with Gasteiger partial charge >= 0.3 is 0 Å².